The minimum atomic E-state index is -5.08. The van der Waals surface area contributed by atoms with Gasteiger partial charge in [0.1, 0.15) is 11.8 Å². The number of morpholine rings is 1. The number of hydrogen-bond acceptors (Lipinski definition) is 6. The number of carbonyl (C=O) groups excluding carboxylic acids is 1. The largest absolute Gasteiger partial charge is 0.490 e. The Kier molecular flexibility index (Phi) is 7.29. The Bertz CT molecular complexity index is 952. The average molecular weight is 465 g/mol. The third-order valence-electron chi connectivity index (χ3n) is 4.91. The lowest BCUT2D eigenvalue weighted by Gasteiger charge is -2.39. The highest BCUT2D eigenvalue weighted by Crippen LogP contribution is 2.25. The molecule has 2 aromatic heterocycles. The Morgan fingerprint density at radius 2 is 1.91 bits per heavy atom. The first-order valence-corrected chi connectivity index (χ1v) is 9.61. The van der Waals surface area contributed by atoms with Crippen LogP contribution in [-0.4, -0.2) is 70.6 Å². The van der Waals surface area contributed by atoms with Gasteiger partial charge in [-0.3, -0.25) is 0 Å². The van der Waals surface area contributed by atoms with E-state index in [-0.39, 0.29) is 23.8 Å². The monoisotopic (exact) mass is 465 g/mol. The van der Waals surface area contributed by atoms with E-state index in [4.69, 9.17) is 19.4 Å². The van der Waals surface area contributed by atoms with E-state index in [1.54, 1.807) is 12.1 Å². The van der Waals surface area contributed by atoms with Crippen molar-refractivity contribution in [2.24, 2.45) is 0 Å². The summed E-state index contributed by atoms with van der Waals surface area (Å²) < 4.78 is 69.8. The van der Waals surface area contributed by atoms with Crippen LogP contribution >= 0.6 is 0 Å². The quantitative estimate of drug-likeness (QED) is 0.529. The fourth-order valence-corrected chi connectivity index (χ4v) is 3.67. The summed E-state index contributed by atoms with van der Waals surface area (Å²) >= 11 is 0. The number of alkyl halides is 5. The number of nitrogens with zero attached hydrogens (tertiary/aromatic N) is 2. The normalized spacial score (nSPS) is 22.9. The van der Waals surface area contributed by atoms with Crippen molar-refractivity contribution in [3.05, 3.63) is 30.1 Å². The Morgan fingerprint density at radius 1 is 1.28 bits per heavy atom. The summed E-state index contributed by atoms with van der Waals surface area (Å²) in [5, 5.41) is 11.1. The van der Waals surface area contributed by atoms with E-state index in [9.17, 15) is 26.7 Å². The summed E-state index contributed by atoms with van der Waals surface area (Å²) in [6, 6.07) is 3.75. The number of fused-ring (bicyclic) bond motifs is 3. The predicted molar refractivity (Wildman–Crippen MR) is 99.4 cm³/mol. The standard InChI is InChI=1S/C17H19F2N3O3.C2HF3O2/c18-15(19)7-22-6-14(13-2-1-3-20-16(13)22)17(23)25-12-4-10-8-24-9-11(5-12)21-10;3-2(4,5)1(6)7/h1-3,6,10-12,15,21H,4-5,7-9H2;(H,6,7)/t10-,11+,12?;. The third-order valence-corrected chi connectivity index (χ3v) is 4.91. The van der Waals surface area contributed by atoms with Crippen molar-refractivity contribution in [1.82, 2.24) is 14.9 Å². The van der Waals surface area contributed by atoms with Gasteiger partial charge in [0.2, 0.25) is 0 Å². The number of ether oxygens (including phenoxy) is 2. The minimum absolute atomic E-state index is 0.187. The summed E-state index contributed by atoms with van der Waals surface area (Å²) in [5.41, 5.74) is 0.647. The molecule has 8 nitrogen and oxygen atoms in total. The first kappa shape index (κ1) is 23.9. The van der Waals surface area contributed by atoms with Crippen molar-refractivity contribution in [2.75, 3.05) is 13.2 Å². The Hall–Kier alpha value is -2.80. The number of carboxylic acid groups (broad SMARTS) is 1. The van der Waals surface area contributed by atoms with Crippen molar-refractivity contribution in [3.63, 3.8) is 0 Å². The van der Waals surface area contributed by atoms with E-state index in [1.807, 2.05) is 0 Å². The molecule has 0 saturated carbocycles. The summed E-state index contributed by atoms with van der Waals surface area (Å²) in [5.74, 6) is -3.25. The molecule has 176 valence electrons. The van der Waals surface area contributed by atoms with Gasteiger partial charge in [-0.05, 0) is 12.1 Å². The smallest absolute Gasteiger partial charge is 0.475 e. The number of aromatic nitrogens is 2. The van der Waals surface area contributed by atoms with Crippen LogP contribution in [0.2, 0.25) is 0 Å². The van der Waals surface area contributed by atoms with Crippen LogP contribution in [0.15, 0.2) is 24.5 Å². The van der Waals surface area contributed by atoms with Crippen LogP contribution in [0.4, 0.5) is 22.0 Å². The molecular weight excluding hydrogens is 445 g/mol. The zero-order valence-electron chi connectivity index (χ0n) is 16.5. The predicted octanol–water partition coefficient (Wildman–Crippen LogP) is 2.61. The number of aliphatic carboxylic acids is 1. The van der Waals surface area contributed by atoms with Crippen LogP contribution in [0.1, 0.15) is 23.2 Å². The summed E-state index contributed by atoms with van der Waals surface area (Å²) in [4.78, 5) is 25.7. The number of esters is 1. The summed E-state index contributed by atoms with van der Waals surface area (Å²) in [6.07, 6.45) is -3.49. The highest BCUT2D eigenvalue weighted by Gasteiger charge is 2.38. The molecule has 2 bridgehead atoms. The fraction of sp³-hybridized carbons (Fsp3) is 0.526. The second-order valence-electron chi connectivity index (χ2n) is 7.36. The van der Waals surface area contributed by atoms with Gasteiger partial charge in [0, 0.05) is 42.7 Å². The van der Waals surface area contributed by atoms with Crippen molar-refractivity contribution in [2.45, 2.75) is 50.2 Å². The second kappa shape index (κ2) is 9.77. The van der Waals surface area contributed by atoms with Gasteiger partial charge in [-0.15, -0.1) is 0 Å². The molecule has 0 aromatic carbocycles. The molecule has 0 aliphatic carbocycles. The molecule has 0 radical (unpaired) electrons. The molecule has 2 N–H and O–H groups in total. The zero-order chi connectivity index (χ0) is 23.5. The zero-order valence-corrected chi connectivity index (χ0v) is 16.5. The van der Waals surface area contributed by atoms with Gasteiger partial charge in [-0.2, -0.15) is 13.2 Å². The molecule has 4 rings (SSSR count). The maximum atomic E-state index is 12.8. The molecule has 13 heteroatoms. The van der Waals surface area contributed by atoms with Crippen LogP contribution in [0.3, 0.4) is 0 Å². The van der Waals surface area contributed by atoms with Gasteiger partial charge in [0.05, 0.1) is 25.3 Å². The Balaban J connectivity index is 0.000000360. The topological polar surface area (TPSA) is 103 Å². The molecular formula is C19H20F5N3O5. The Labute approximate surface area is 178 Å². The van der Waals surface area contributed by atoms with E-state index in [0.29, 0.717) is 37.1 Å². The molecule has 0 amide bonds. The first-order chi connectivity index (χ1) is 15.0. The molecule has 3 atom stereocenters. The molecule has 2 aliphatic rings. The van der Waals surface area contributed by atoms with E-state index in [1.165, 1.54) is 17.0 Å². The number of pyridine rings is 1. The van der Waals surface area contributed by atoms with Crippen LogP contribution in [0, 0.1) is 0 Å². The molecule has 0 spiro atoms. The second-order valence-corrected chi connectivity index (χ2v) is 7.36. The fourth-order valence-electron chi connectivity index (χ4n) is 3.67. The molecule has 1 unspecified atom stereocenters. The van der Waals surface area contributed by atoms with Gasteiger partial charge in [0.25, 0.3) is 6.43 Å². The molecule has 32 heavy (non-hydrogen) atoms. The molecule has 4 heterocycles. The maximum Gasteiger partial charge on any atom is 0.490 e. The molecule has 2 aromatic rings. The van der Waals surface area contributed by atoms with Gasteiger partial charge >= 0.3 is 18.1 Å². The third kappa shape index (κ3) is 5.91. The minimum Gasteiger partial charge on any atom is -0.475 e. The molecule has 2 saturated heterocycles. The van der Waals surface area contributed by atoms with Gasteiger partial charge < -0.3 is 24.5 Å². The highest BCUT2D eigenvalue weighted by atomic mass is 19.4. The lowest BCUT2D eigenvalue weighted by atomic mass is 9.94. The van der Waals surface area contributed by atoms with Gasteiger partial charge in [-0.25, -0.2) is 23.4 Å². The van der Waals surface area contributed by atoms with Crippen molar-refractivity contribution >= 4 is 23.0 Å². The van der Waals surface area contributed by atoms with Crippen molar-refractivity contribution < 1.29 is 46.1 Å². The summed E-state index contributed by atoms with van der Waals surface area (Å²) in [6.45, 7) is 0.722. The number of rotatable bonds is 4. The van der Waals surface area contributed by atoms with Gasteiger partial charge in [0.15, 0.2) is 0 Å². The van der Waals surface area contributed by atoms with Crippen LogP contribution < -0.4 is 5.32 Å². The lowest BCUT2D eigenvalue weighted by molar-refractivity contribution is -0.192. The van der Waals surface area contributed by atoms with Crippen molar-refractivity contribution in [3.8, 4) is 0 Å². The van der Waals surface area contributed by atoms with Crippen LogP contribution in [0.25, 0.3) is 11.0 Å². The average Bonchev–Trinajstić information content (AvgIpc) is 3.06. The number of piperidine rings is 1. The summed E-state index contributed by atoms with van der Waals surface area (Å²) in [7, 11) is 0. The Morgan fingerprint density at radius 3 is 2.47 bits per heavy atom. The molecule has 2 fully saturated rings. The lowest BCUT2D eigenvalue weighted by Crippen LogP contribution is -2.56. The number of hydrogen-bond donors (Lipinski definition) is 2. The first-order valence-electron chi connectivity index (χ1n) is 9.61. The van der Waals surface area contributed by atoms with E-state index < -0.39 is 31.1 Å². The van der Waals surface area contributed by atoms with Crippen LogP contribution in [-0.2, 0) is 20.8 Å². The number of carboxylic acids is 1. The van der Waals surface area contributed by atoms with E-state index >= 15 is 0 Å². The maximum absolute atomic E-state index is 12.8. The number of halogens is 5. The molecule has 2 aliphatic heterocycles. The van der Waals surface area contributed by atoms with Crippen LogP contribution in [0.5, 0.6) is 0 Å². The van der Waals surface area contributed by atoms with E-state index in [2.05, 4.69) is 10.3 Å². The van der Waals surface area contributed by atoms with Crippen molar-refractivity contribution in [1.29, 1.82) is 0 Å². The SMILES string of the molecule is O=C(O)C(F)(F)F.O=C(OC1C[C@H]2COC[C@@H](C1)N2)c1cn(CC(F)F)c2ncccc12. The number of nitrogens with one attached hydrogen (secondary N) is 1. The number of carbonyl (C=O) groups is 2. The highest BCUT2D eigenvalue weighted by molar-refractivity contribution is 6.03. The van der Waals surface area contributed by atoms with E-state index in [0.717, 1.165) is 0 Å². The van der Waals surface area contributed by atoms with Gasteiger partial charge in [-0.1, -0.05) is 0 Å².